The molecule has 4 rings (SSSR count). The zero-order chi connectivity index (χ0) is 40.2. The van der Waals surface area contributed by atoms with Crippen LogP contribution in [0.15, 0.2) is 78.0 Å². The van der Waals surface area contributed by atoms with Crippen LogP contribution in [-0.2, 0) is 23.9 Å². The fraction of sp³-hybridized carbons (Fsp3) is 0.306. The van der Waals surface area contributed by atoms with Gasteiger partial charge in [-0.05, 0) is 72.5 Å². The number of thioether (sulfide) groups is 1. The van der Waals surface area contributed by atoms with Crippen LogP contribution in [0, 0.1) is 5.82 Å². The maximum Gasteiger partial charge on any atom is 0.490 e. The minimum atomic E-state index is -5.08. The van der Waals surface area contributed by atoms with Crippen molar-refractivity contribution in [2.24, 2.45) is 5.84 Å². The van der Waals surface area contributed by atoms with E-state index in [0.29, 0.717) is 29.3 Å². The minimum absolute atomic E-state index is 0.0412. The molecule has 0 bridgehead atoms. The molecule has 5 N–H and O–H groups in total. The molecule has 1 unspecified atom stereocenters. The van der Waals surface area contributed by atoms with E-state index < -0.39 is 48.0 Å². The smallest absolute Gasteiger partial charge is 0.490 e. The zero-order valence-corrected chi connectivity index (χ0v) is 30.6. The molecule has 290 valence electrons. The zero-order valence-electron chi connectivity index (χ0n) is 29.8. The Labute approximate surface area is 312 Å². The van der Waals surface area contributed by atoms with Gasteiger partial charge in [0.2, 0.25) is 5.91 Å². The molecule has 1 heterocycles. The average Bonchev–Trinajstić information content (AvgIpc) is 3.12. The molecule has 1 aromatic heterocycles. The number of halogens is 4. The van der Waals surface area contributed by atoms with Crippen LogP contribution in [0.2, 0.25) is 0 Å². The van der Waals surface area contributed by atoms with Gasteiger partial charge in [0.25, 0.3) is 0 Å². The number of carboxylic acid groups (broad SMARTS) is 1. The highest BCUT2D eigenvalue weighted by molar-refractivity contribution is 8.00. The Morgan fingerprint density at radius 1 is 0.963 bits per heavy atom. The van der Waals surface area contributed by atoms with Crippen molar-refractivity contribution in [1.82, 2.24) is 10.3 Å². The normalized spacial score (nSPS) is 12.1. The van der Waals surface area contributed by atoms with E-state index in [-0.39, 0.29) is 17.2 Å². The lowest BCUT2D eigenvalue weighted by Crippen LogP contribution is -2.46. The van der Waals surface area contributed by atoms with E-state index in [9.17, 15) is 27.6 Å². The fourth-order valence-electron chi connectivity index (χ4n) is 4.95. The van der Waals surface area contributed by atoms with Crippen LogP contribution in [0.5, 0.6) is 5.75 Å². The number of hydrazine groups is 1. The van der Waals surface area contributed by atoms with Crippen molar-refractivity contribution in [1.29, 1.82) is 0 Å². The number of rotatable bonds is 13. The number of nitrogens with zero attached hydrogens (tertiary/aromatic N) is 2. The van der Waals surface area contributed by atoms with Crippen LogP contribution in [0.25, 0.3) is 10.8 Å². The summed E-state index contributed by atoms with van der Waals surface area (Å²) in [6, 6.07) is 13.9. The van der Waals surface area contributed by atoms with E-state index in [1.807, 2.05) is 13.8 Å². The lowest BCUT2D eigenvalue weighted by atomic mass is 9.99. The standard InChI is InChI=1S/C34H38FN5O6S.C2HF3O2/c1-6-46-25-10-11-28(35)26(17-25)32(40(36)24-9-7-22-19-37-14-13-21(22)15-24)33(42)39-29(18-31(41)44-4)27-16-23(38-34(43)45-5)8-12-30(27)47-20(2)3;3-2(4,5)1(6)7/h7-17,19-20,29,32H,6,18,36H2,1-5H3,(H,38,43)(H,39,42);(H,6,7)/t29?,32-;/m1./s1. The number of anilines is 2. The summed E-state index contributed by atoms with van der Waals surface area (Å²) in [5.74, 6) is 2.29. The SMILES string of the molecule is CCOc1ccc(F)c([C@H](C(=O)NC(CC(=O)OC)c2cc(NC(=O)OC)ccc2SC(C)C)N(N)c2ccc3cnccc3c2)c1.O=C(O)C(F)(F)F. The van der Waals surface area contributed by atoms with Crippen molar-refractivity contribution in [3.8, 4) is 5.75 Å². The Hall–Kier alpha value is -5.62. The summed E-state index contributed by atoms with van der Waals surface area (Å²) in [5.41, 5.74) is 1.29. The molecule has 13 nitrogen and oxygen atoms in total. The van der Waals surface area contributed by atoms with Gasteiger partial charge in [-0.1, -0.05) is 19.9 Å². The second-order valence-corrected chi connectivity index (χ2v) is 13.1. The molecule has 54 heavy (non-hydrogen) atoms. The number of methoxy groups -OCH3 is 2. The van der Waals surface area contributed by atoms with Crippen LogP contribution in [0.4, 0.5) is 33.7 Å². The predicted octanol–water partition coefficient (Wildman–Crippen LogP) is 6.93. The summed E-state index contributed by atoms with van der Waals surface area (Å²) in [7, 11) is 2.48. The van der Waals surface area contributed by atoms with Gasteiger partial charge in [-0.2, -0.15) is 13.2 Å². The first-order chi connectivity index (χ1) is 25.5. The molecule has 0 aliphatic rings. The van der Waals surface area contributed by atoms with Gasteiger partial charge in [-0.3, -0.25) is 24.9 Å². The molecule has 0 spiro atoms. The van der Waals surface area contributed by atoms with Crippen molar-refractivity contribution < 1.29 is 56.1 Å². The van der Waals surface area contributed by atoms with Gasteiger partial charge < -0.3 is 24.6 Å². The number of nitrogens with two attached hydrogens (primary N) is 1. The molecule has 2 amide bonds. The van der Waals surface area contributed by atoms with Crippen molar-refractivity contribution >= 4 is 57.8 Å². The molecular weight excluding hydrogens is 738 g/mol. The van der Waals surface area contributed by atoms with Crippen molar-refractivity contribution in [2.45, 2.75) is 55.6 Å². The van der Waals surface area contributed by atoms with E-state index >= 15 is 4.39 Å². The van der Waals surface area contributed by atoms with Gasteiger partial charge in [-0.15, -0.1) is 11.8 Å². The van der Waals surface area contributed by atoms with Crippen LogP contribution in [-0.4, -0.2) is 66.3 Å². The number of hydrogen-bond acceptors (Lipinski definition) is 11. The Kier molecular flexibility index (Phi) is 15.4. The van der Waals surface area contributed by atoms with Gasteiger partial charge in [0, 0.05) is 39.2 Å². The van der Waals surface area contributed by atoms with Crippen LogP contribution in [0.3, 0.4) is 0 Å². The van der Waals surface area contributed by atoms with Gasteiger partial charge in [0.15, 0.2) is 6.04 Å². The Morgan fingerprint density at radius 2 is 1.67 bits per heavy atom. The highest BCUT2D eigenvalue weighted by Crippen LogP contribution is 2.36. The summed E-state index contributed by atoms with van der Waals surface area (Å²) in [6.07, 6.45) is -2.71. The number of hydrogen-bond donors (Lipinski definition) is 4. The summed E-state index contributed by atoms with van der Waals surface area (Å²) in [5, 5.41) is 15.7. The van der Waals surface area contributed by atoms with Crippen LogP contribution in [0.1, 0.15) is 50.4 Å². The second-order valence-electron chi connectivity index (χ2n) is 11.5. The number of ether oxygens (including phenoxy) is 3. The largest absolute Gasteiger partial charge is 0.494 e. The minimum Gasteiger partial charge on any atom is -0.494 e. The molecule has 3 aromatic carbocycles. The number of benzene rings is 3. The number of pyridine rings is 1. The molecular formula is C36H39F4N5O8S. The molecule has 18 heteroatoms. The third-order valence-corrected chi connectivity index (χ3v) is 8.46. The molecule has 0 saturated carbocycles. The number of nitrogens with one attached hydrogen (secondary N) is 2. The topological polar surface area (TPSA) is 182 Å². The Balaban J connectivity index is 0.00000102. The van der Waals surface area contributed by atoms with Crippen molar-refractivity contribution in [3.05, 3.63) is 90.0 Å². The lowest BCUT2D eigenvalue weighted by molar-refractivity contribution is -0.192. The average molecular weight is 778 g/mol. The number of aromatic nitrogens is 1. The number of carbonyl (C=O) groups excluding carboxylic acids is 3. The van der Waals surface area contributed by atoms with E-state index in [2.05, 4.69) is 15.6 Å². The maximum absolute atomic E-state index is 15.6. The molecule has 0 saturated heterocycles. The van der Waals surface area contributed by atoms with Gasteiger partial charge in [-0.25, -0.2) is 19.8 Å². The van der Waals surface area contributed by atoms with E-state index in [4.69, 9.17) is 30.0 Å². The molecule has 2 atom stereocenters. The highest BCUT2D eigenvalue weighted by atomic mass is 32.2. The molecule has 0 radical (unpaired) electrons. The number of amides is 2. The number of fused-ring (bicyclic) bond motifs is 1. The molecule has 0 aliphatic carbocycles. The number of esters is 1. The summed E-state index contributed by atoms with van der Waals surface area (Å²) in [6.45, 7) is 6.11. The van der Waals surface area contributed by atoms with Crippen LogP contribution >= 0.6 is 11.8 Å². The third kappa shape index (κ3) is 12.0. The number of carboxylic acids is 1. The summed E-state index contributed by atoms with van der Waals surface area (Å²) < 4.78 is 62.7. The first-order valence-electron chi connectivity index (χ1n) is 16.1. The first kappa shape index (κ1) is 42.8. The van der Waals surface area contributed by atoms with Gasteiger partial charge in [0.05, 0.1) is 39.0 Å². The van der Waals surface area contributed by atoms with Crippen LogP contribution < -0.4 is 26.2 Å². The van der Waals surface area contributed by atoms with Crippen molar-refractivity contribution in [3.63, 3.8) is 0 Å². The second kappa shape index (κ2) is 19.5. The first-order valence-corrected chi connectivity index (χ1v) is 17.0. The quantitative estimate of drug-likeness (QED) is 0.0362. The Morgan fingerprint density at radius 3 is 2.28 bits per heavy atom. The molecule has 0 aliphatic heterocycles. The molecule has 4 aromatic rings. The fourth-order valence-corrected chi connectivity index (χ4v) is 5.95. The maximum atomic E-state index is 15.6. The molecule has 0 fully saturated rings. The number of alkyl halides is 3. The van der Waals surface area contributed by atoms with E-state index in [1.165, 1.54) is 49.2 Å². The predicted molar refractivity (Wildman–Crippen MR) is 193 cm³/mol. The van der Waals surface area contributed by atoms with Gasteiger partial charge >= 0.3 is 24.2 Å². The van der Waals surface area contributed by atoms with E-state index in [1.54, 1.807) is 61.8 Å². The summed E-state index contributed by atoms with van der Waals surface area (Å²) in [4.78, 5) is 53.0. The lowest BCUT2D eigenvalue weighted by Gasteiger charge is -2.31. The highest BCUT2D eigenvalue weighted by Gasteiger charge is 2.38. The van der Waals surface area contributed by atoms with Gasteiger partial charge in [0.1, 0.15) is 11.6 Å². The number of aliphatic carboxylic acids is 1. The summed E-state index contributed by atoms with van der Waals surface area (Å²) >= 11 is 1.50. The number of carbonyl (C=O) groups is 4. The monoisotopic (exact) mass is 777 g/mol. The third-order valence-electron chi connectivity index (χ3n) is 7.36. The van der Waals surface area contributed by atoms with Crippen molar-refractivity contribution in [2.75, 3.05) is 31.2 Å². The van der Waals surface area contributed by atoms with E-state index in [0.717, 1.165) is 15.7 Å². The Bertz CT molecular complexity index is 1950.